The molecular formula is C12H15BrO4. The first-order valence-corrected chi connectivity index (χ1v) is 5.90. The lowest BCUT2D eigenvalue weighted by Crippen LogP contribution is -2.18. The van der Waals surface area contributed by atoms with E-state index in [1.807, 2.05) is 6.92 Å². The van der Waals surface area contributed by atoms with E-state index in [2.05, 4.69) is 15.9 Å². The van der Waals surface area contributed by atoms with Gasteiger partial charge in [0, 0.05) is 12.7 Å². The van der Waals surface area contributed by atoms with Gasteiger partial charge in [0.15, 0.2) is 11.5 Å². The molecule has 94 valence electrons. The van der Waals surface area contributed by atoms with Crippen LogP contribution in [0.2, 0.25) is 0 Å². The third-order valence-electron chi connectivity index (χ3n) is 2.11. The van der Waals surface area contributed by atoms with Gasteiger partial charge in [-0.05, 0) is 35.0 Å². The van der Waals surface area contributed by atoms with Crippen LogP contribution < -0.4 is 9.47 Å². The highest BCUT2D eigenvalue weighted by Crippen LogP contribution is 2.36. The van der Waals surface area contributed by atoms with Gasteiger partial charge in [-0.1, -0.05) is 0 Å². The predicted octanol–water partition coefficient (Wildman–Crippen LogP) is 2.68. The molecule has 0 fully saturated rings. The lowest BCUT2D eigenvalue weighted by molar-refractivity contribution is 0.0894. The number of carbonyl (C=O) groups is 1. The monoisotopic (exact) mass is 302 g/mol. The van der Waals surface area contributed by atoms with Crippen molar-refractivity contribution in [2.24, 2.45) is 0 Å². The van der Waals surface area contributed by atoms with Gasteiger partial charge in [-0.3, -0.25) is 4.79 Å². The summed E-state index contributed by atoms with van der Waals surface area (Å²) in [5, 5.41) is 0. The molecule has 5 heteroatoms. The molecule has 0 amide bonds. The summed E-state index contributed by atoms with van der Waals surface area (Å²) in [6, 6.07) is 3.32. The number of aldehydes is 1. The van der Waals surface area contributed by atoms with Gasteiger partial charge in [0.1, 0.15) is 12.4 Å². The maximum Gasteiger partial charge on any atom is 0.175 e. The Morgan fingerprint density at radius 2 is 2.12 bits per heavy atom. The lowest BCUT2D eigenvalue weighted by atomic mass is 10.2. The first-order chi connectivity index (χ1) is 8.12. The molecule has 0 aliphatic rings. The second kappa shape index (κ2) is 6.61. The topological polar surface area (TPSA) is 44.8 Å². The van der Waals surface area contributed by atoms with Crippen LogP contribution in [0.3, 0.4) is 0 Å². The molecule has 4 nitrogen and oxygen atoms in total. The Morgan fingerprint density at radius 1 is 1.41 bits per heavy atom. The Bertz CT molecular complexity index is 392. The highest BCUT2D eigenvalue weighted by atomic mass is 79.9. The third-order valence-corrected chi connectivity index (χ3v) is 2.70. The summed E-state index contributed by atoms with van der Waals surface area (Å²) in [6.45, 7) is 2.37. The Kier molecular flexibility index (Phi) is 5.44. The SMILES string of the molecule is COCC(C)Oc1c(Br)cc(C=O)cc1OC. The molecule has 17 heavy (non-hydrogen) atoms. The van der Waals surface area contributed by atoms with Gasteiger partial charge in [0.25, 0.3) is 0 Å². The van der Waals surface area contributed by atoms with Gasteiger partial charge in [-0.25, -0.2) is 0 Å². The van der Waals surface area contributed by atoms with Crippen LogP contribution in [0, 0.1) is 0 Å². The molecule has 0 aliphatic heterocycles. The van der Waals surface area contributed by atoms with Crippen molar-refractivity contribution in [3.05, 3.63) is 22.2 Å². The Morgan fingerprint density at radius 3 is 2.65 bits per heavy atom. The van der Waals surface area contributed by atoms with Crippen LogP contribution >= 0.6 is 15.9 Å². The Hall–Kier alpha value is -1.07. The number of carbonyl (C=O) groups excluding carboxylic acids is 1. The highest BCUT2D eigenvalue weighted by Gasteiger charge is 2.14. The molecule has 0 heterocycles. The minimum atomic E-state index is -0.104. The van der Waals surface area contributed by atoms with Gasteiger partial charge in [-0.15, -0.1) is 0 Å². The summed E-state index contributed by atoms with van der Waals surface area (Å²) in [5.41, 5.74) is 0.528. The Labute approximate surface area is 109 Å². The zero-order valence-corrected chi connectivity index (χ0v) is 11.6. The smallest absolute Gasteiger partial charge is 0.175 e. The molecule has 0 saturated carbocycles. The first kappa shape index (κ1) is 14.0. The molecule has 1 atom stereocenters. The van der Waals surface area contributed by atoms with E-state index in [1.165, 1.54) is 7.11 Å². The van der Waals surface area contributed by atoms with Crippen molar-refractivity contribution in [3.8, 4) is 11.5 Å². The van der Waals surface area contributed by atoms with E-state index in [0.29, 0.717) is 28.1 Å². The van der Waals surface area contributed by atoms with E-state index in [9.17, 15) is 4.79 Å². The molecule has 1 aromatic rings. The summed E-state index contributed by atoms with van der Waals surface area (Å²) in [6.07, 6.45) is 0.655. The van der Waals surface area contributed by atoms with Crippen molar-refractivity contribution >= 4 is 22.2 Å². The average molecular weight is 303 g/mol. The van der Waals surface area contributed by atoms with Gasteiger partial charge >= 0.3 is 0 Å². The third kappa shape index (κ3) is 3.71. The number of hydrogen-bond acceptors (Lipinski definition) is 4. The molecule has 0 spiro atoms. The number of methoxy groups -OCH3 is 2. The van der Waals surface area contributed by atoms with E-state index in [0.717, 1.165) is 6.29 Å². The van der Waals surface area contributed by atoms with E-state index in [1.54, 1.807) is 19.2 Å². The van der Waals surface area contributed by atoms with Crippen LogP contribution in [0.5, 0.6) is 11.5 Å². The fourth-order valence-corrected chi connectivity index (χ4v) is 1.95. The zero-order valence-electron chi connectivity index (χ0n) is 10.0. The molecule has 0 aromatic heterocycles. The molecule has 1 aromatic carbocycles. The van der Waals surface area contributed by atoms with Gasteiger partial charge in [0.2, 0.25) is 0 Å². The number of halogens is 1. The number of hydrogen-bond donors (Lipinski definition) is 0. The summed E-state index contributed by atoms with van der Waals surface area (Å²) >= 11 is 3.35. The van der Waals surface area contributed by atoms with E-state index in [4.69, 9.17) is 14.2 Å². The molecule has 0 N–H and O–H groups in total. The van der Waals surface area contributed by atoms with Crippen LogP contribution in [-0.4, -0.2) is 33.2 Å². The van der Waals surface area contributed by atoms with Crippen molar-refractivity contribution in [1.82, 2.24) is 0 Å². The second-order valence-corrected chi connectivity index (χ2v) is 4.39. The number of ether oxygens (including phenoxy) is 3. The van der Waals surface area contributed by atoms with E-state index in [-0.39, 0.29) is 6.10 Å². The summed E-state index contributed by atoms with van der Waals surface area (Å²) in [7, 11) is 3.14. The van der Waals surface area contributed by atoms with Crippen molar-refractivity contribution in [1.29, 1.82) is 0 Å². The second-order valence-electron chi connectivity index (χ2n) is 3.54. The number of rotatable bonds is 6. The summed E-state index contributed by atoms with van der Waals surface area (Å²) < 4.78 is 16.6. The fourth-order valence-electron chi connectivity index (χ4n) is 1.39. The van der Waals surface area contributed by atoms with Crippen molar-refractivity contribution in [2.75, 3.05) is 20.8 Å². The lowest BCUT2D eigenvalue weighted by Gasteiger charge is -2.17. The van der Waals surface area contributed by atoms with Crippen LogP contribution in [0.15, 0.2) is 16.6 Å². The highest BCUT2D eigenvalue weighted by molar-refractivity contribution is 9.10. The molecule has 0 saturated heterocycles. The van der Waals surface area contributed by atoms with Crippen molar-refractivity contribution in [2.45, 2.75) is 13.0 Å². The largest absolute Gasteiger partial charge is 0.493 e. The van der Waals surface area contributed by atoms with Crippen molar-refractivity contribution < 1.29 is 19.0 Å². The van der Waals surface area contributed by atoms with Gasteiger partial charge < -0.3 is 14.2 Å². The molecular weight excluding hydrogens is 288 g/mol. The van der Waals surface area contributed by atoms with Gasteiger partial charge in [-0.2, -0.15) is 0 Å². The molecule has 0 radical (unpaired) electrons. The maximum absolute atomic E-state index is 10.7. The van der Waals surface area contributed by atoms with Crippen LogP contribution in [0.25, 0.3) is 0 Å². The molecule has 0 bridgehead atoms. The first-order valence-electron chi connectivity index (χ1n) is 5.10. The average Bonchev–Trinajstić information content (AvgIpc) is 2.31. The molecule has 1 rings (SSSR count). The van der Waals surface area contributed by atoms with Gasteiger partial charge in [0.05, 0.1) is 18.2 Å². The van der Waals surface area contributed by atoms with E-state index >= 15 is 0 Å². The van der Waals surface area contributed by atoms with Crippen molar-refractivity contribution in [3.63, 3.8) is 0 Å². The zero-order chi connectivity index (χ0) is 12.8. The maximum atomic E-state index is 10.7. The quantitative estimate of drug-likeness (QED) is 0.758. The standard InChI is InChI=1S/C12H15BrO4/c1-8(7-15-2)17-12-10(13)4-9(6-14)5-11(12)16-3/h4-6,8H,7H2,1-3H3. The summed E-state index contributed by atoms with van der Waals surface area (Å²) in [4.78, 5) is 10.7. The normalized spacial score (nSPS) is 12.0. The summed E-state index contributed by atoms with van der Waals surface area (Å²) in [5.74, 6) is 1.09. The van der Waals surface area contributed by atoms with Crippen LogP contribution in [0.4, 0.5) is 0 Å². The predicted molar refractivity (Wildman–Crippen MR) is 68.0 cm³/mol. The Balaban J connectivity index is 3.01. The van der Waals surface area contributed by atoms with E-state index < -0.39 is 0 Å². The van der Waals surface area contributed by atoms with Crippen LogP contribution in [0.1, 0.15) is 17.3 Å². The van der Waals surface area contributed by atoms with Crippen LogP contribution in [-0.2, 0) is 4.74 Å². The number of benzene rings is 1. The molecule has 1 unspecified atom stereocenters. The minimum Gasteiger partial charge on any atom is -0.493 e. The fraction of sp³-hybridized carbons (Fsp3) is 0.417. The minimum absolute atomic E-state index is 0.104. The molecule has 0 aliphatic carbocycles.